The Morgan fingerprint density at radius 3 is 2.52 bits per heavy atom. The fourth-order valence-electron chi connectivity index (χ4n) is 2.92. The standard InChI is InChI=1S/C19H17BrClN3O4S/c20-15-5-6-18(16(21)11-15)29(26,27)24-9-7-23(8-10-24)19(25)13-28-17-4-2-1-3-14(17)12-22/h1-6,11H,7-10,13H2. The molecule has 0 atom stereocenters. The van der Waals surface area contributed by atoms with E-state index in [4.69, 9.17) is 21.6 Å². The number of para-hydroxylation sites is 1. The summed E-state index contributed by atoms with van der Waals surface area (Å²) in [5, 5.41) is 9.21. The minimum atomic E-state index is -3.75. The first-order chi connectivity index (χ1) is 13.8. The zero-order valence-corrected chi connectivity index (χ0v) is 18.4. The second kappa shape index (κ2) is 9.13. The van der Waals surface area contributed by atoms with Crippen molar-refractivity contribution in [3.63, 3.8) is 0 Å². The van der Waals surface area contributed by atoms with Crippen LogP contribution >= 0.6 is 27.5 Å². The highest BCUT2D eigenvalue weighted by Gasteiger charge is 2.31. The highest BCUT2D eigenvalue weighted by molar-refractivity contribution is 9.10. The van der Waals surface area contributed by atoms with E-state index < -0.39 is 10.0 Å². The van der Waals surface area contributed by atoms with E-state index in [-0.39, 0.29) is 48.6 Å². The molecule has 0 unspecified atom stereocenters. The molecule has 0 aromatic heterocycles. The maximum absolute atomic E-state index is 12.8. The Morgan fingerprint density at radius 2 is 1.86 bits per heavy atom. The molecule has 1 fully saturated rings. The molecular weight excluding hydrogens is 482 g/mol. The van der Waals surface area contributed by atoms with Crippen molar-refractivity contribution in [2.24, 2.45) is 0 Å². The molecule has 1 aliphatic rings. The second-order valence-electron chi connectivity index (χ2n) is 6.26. The number of piperazine rings is 1. The number of ether oxygens (including phenoxy) is 1. The van der Waals surface area contributed by atoms with E-state index in [1.165, 1.54) is 16.4 Å². The number of amides is 1. The SMILES string of the molecule is N#Cc1ccccc1OCC(=O)N1CCN(S(=O)(=O)c2ccc(Br)cc2Cl)CC1. The van der Waals surface area contributed by atoms with E-state index in [9.17, 15) is 13.2 Å². The van der Waals surface area contributed by atoms with Crippen LogP contribution in [-0.2, 0) is 14.8 Å². The summed E-state index contributed by atoms with van der Waals surface area (Å²) in [7, 11) is -3.75. The van der Waals surface area contributed by atoms with Crippen LogP contribution in [0.4, 0.5) is 0 Å². The van der Waals surface area contributed by atoms with Crippen LogP contribution in [0.15, 0.2) is 51.8 Å². The molecule has 1 aliphatic heterocycles. The van der Waals surface area contributed by atoms with Crippen molar-refractivity contribution in [1.82, 2.24) is 9.21 Å². The molecule has 2 aromatic rings. The van der Waals surface area contributed by atoms with Gasteiger partial charge < -0.3 is 9.64 Å². The number of hydrogen-bond donors (Lipinski definition) is 0. The molecule has 1 heterocycles. The minimum absolute atomic E-state index is 0.0404. The first-order valence-electron chi connectivity index (χ1n) is 8.68. The number of nitrogens with zero attached hydrogens (tertiary/aromatic N) is 3. The van der Waals surface area contributed by atoms with Gasteiger partial charge in [0.15, 0.2) is 6.61 Å². The van der Waals surface area contributed by atoms with Gasteiger partial charge in [0.05, 0.1) is 10.6 Å². The van der Waals surface area contributed by atoms with Gasteiger partial charge in [-0.25, -0.2) is 8.42 Å². The van der Waals surface area contributed by atoms with Crippen LogP contribution in [0.3, 0.4) is 0 Å². The number of rotatable bonds is 5. The predicted molar refractivity (Wildman–Crippen MR) is 111 cm³/mol. The quantitative estimate of drug-likeness (QED) is 0.632. The molecule has 0 radical (unpaired) electrons. The zero-order valence-electron chi connectivity index (χ0n) is 15.2. The van der Waals surface area contributed by atoms with E-state index in [0.717, 1.165) is 0 Å². The summed E-state index contributed by atoms with van der Waals surface area (Å²) in [5.41, 5.74) is 0.350. The van der Waals surface area contributed by atoms with Crippen LogP contribution in [0, 0.1) is 11.3 Å². The largest absolute Gasteiger partial charge is 0.482 e. The number of carbonyl (C=O) groups excluding carboxylic acids is 1. The highest BCUT2D eigenvalue weighted by atomic mass is 79.9. The third-order valence-electron chi connectivity index (χ3n) is 4.46. The van der Waals surface area contributed by atoms with Gasteiger partial charge in [-0.3, -0.25) is 4.79 Å². The Balaban J connectivity index is 1.60. The average Bonchev–Trinajstić information content (AvgIpc) is 2.72. The molecule has 2 aromatic carbocycles. The van der Waals surface area contributed by atoms with Gasteiger partial charge in [0.2, 0.25) is 10.0 Å². The van der Waals surface area contributed by atoms with Gasteiger partial charge in [-0.1, -0.05) is 39.7 Å². The maximum atomic E-state index is 12.8. The predicted octanol–water partition coefficient (Wildman–Crippen LogP) is 2.89. The minimum Gasteiger partial charge on any atom is -0.482 e. The van der Waals surface area contributed by atoms with Gasteiger partial charge >= 0.3 is 0 Å². The summed E-state index contributed by atoms with van der Waals surface area (Å²) in [6.45, 7) is 0.597. The maximum Gasteiger partial charge on any atom is 0.260 e. The summed E-state index contributed by atoms with van der Waals surface area (Å²) in [4.78, 5) is 14.0. The Labute approximate surface area is 182 Å². The van der Waals surface area contributed by atoms with Crippen molar-refractivity contribution in [3.8, 4) is 11.8 Å². The smallest absolute Gasteiger partial charge is 0.260 e. The molecule has 0 aliphatic carbocycles. The number of benzene rings is 2. The van der Waals surface area contributed by atoms with Gasteiger partial charge in [0.1, 0.15) is 16.7 Å². The van der Waals surface area contributed by atoms with Crippen molar-refractivity contribution >= 4 is 43.5 Å². The first-order valence-corrected chi connectivity index (χ1v) is 11.3. The molecule has 0 N–H and O–H groups in total. The first kappa shape index (κ1) is 21.6. The van der Waals surface area contributed by atoms with Crippen LogP contribution in [0.25, 0.3) is 0 Å². The van der Waals surface area contributed by atoms with Crippen molar-refractivity contribution in [3.05, 3.63) is 57.5 Å². The van der Waals surface area contributed by atoms with E-state index in [1.54, 1.807) is 35.2 Å². The van der Waals surface area contributed by atoms with Crippen LogP contribution < -0.4 is 4.74 Å². The lowest BCUT2D eigenvalue weighted by Gasteiger charge is -2.34. The number of halogens is 2. The lowest BCUT2D eigenvalue weighted by molar-refractivity contribution is -0.134. The van der Waals surface area contributed by atoms with E-state index in [0.29, 0.717) is 15.8 Å². The van der Waals surface area contributed by atoms with Gasteiger partial charge in [0, 0.05) is 30.7 Å². The molecule has 0 spiro atoms. The number of hydrogen-bond acceptors (Lipinski definition) is 5. The summed E-state index contributed by atoms with van der Waals surface area (Å²) in [6.07, 6.45) is 0. The van der Waals surface area contributed by atoms with E-state index >= 15 is 0 Å². The third-order valence-corrected chi connectivity index (χ3v) is 7.34. The molecule has 3 rings (SSSR count). The second-order valence-corrected chi connectivity index (χ2v) is 9.49. The molecular formula is C19H17BrClN3O4S. The van der Waals surface area contributed by atoms with Crippen molar-refractivity contribution in [2.75, 3.05) is 32.8 Å². The number of nitriles is 1. The Kier molecular flexibility index (Phi) is 6.80. The molecule has 1 amide bonds. The monoisotopic (exact) mass is 497 g/mol. The average molecular weight is 499 g/mol. The van der Waals surface area contributed by atoms with Crippen LogP contribution in [0.1, 0.15) is 5.56 Å². The number of sulfonamides is 1. The van der Waals surface area contributed by atoms with Gasteiger partial charge in [-0.2, -0.15) is 9.57 Å². The van der Waals surface area contributed by atoms with Crippen molar-refractivity contribution < 1.29 is 17.9 Å². The van der Waals surface area contributed by atoms with E-state index in [2.05, 4.69) is 15.9 Å². The zero-order chi connectivity index (χ0) is 21.0. The molecule has 10 heteroatoms. The summed E-state index contributed by atoms with van der Waals surface area (Å²) in [5.74, 6) is 0.0749. The molecule has 7 nitrogen and oxygen atoms in total. The van der Waals surface area contributed by atoms with Crippen molar-refractivity contribution in [2.45, 2.75) is 4.90 Å². The Bertz CT molecular complexity index is 1060. The fraction of sp³-hybridized carbons (Fsp3) is 0.263. The summed E-state index contributed by atoms with van der Waals surface area (Å²) >= 11 is 9.35. The summed E-state index contributed by atoms with van der Waals surface area (Å²) < 4.78 is 33.2. The Morgan fingerprint density at radius 1 is 1.17 bits per heavy atom. The normalized spacial score (nSPS) is 15.0. The van der Waals surface area contributed by atoms with Crippen LogP contribution in [0.5, 0.6) is 5.75 Å². The van der Waals surface area contributed by atoms with Gasteiger partial charge in [0.25, 0.3) is 5.91 Å². The Hall–Kier alpha value is -2.12. The molecule has 29 heavy (non-hydrogen) atoms. The summed E-state index contributed by atoms with van der Waals surface area (Å²) in [6, 6.07) is 13.3. The van der Waals surface area contributed by atoms with Gasteiger partial charge in [-0.05, 0) is 30.3 Å². The van der Waals surface area contributed by atoms with E-state index in [1.807, 2.05) is 6.07 Å². The molecule has 1 saturated heterocycles. The highest BCUT2D eigenvalue weighted by Crippen LogP contribution is 2.28. The van der Waals surface area contributed by atoms with Crippen molar-refractivity contribution in [1.29, 1.82) is 5.26 Å². The molecule has 0 bridgehead atoms. The van der Waals surface area contributed by atoms with Crippen LogP contribution in [-0.4, -0.2) is 56.3 Å². The lowest BCUT2D eigenvalue weighted by Crippen LogP contribution is -2.51. The van der Waals surface area contributed by atoms with Gasteiger partial charge in [-0.15, -0.1) is 0 Å². The molecule has 152 valence electrons. The topological polar surface area (TPSA) is 90.7 Å². The number of carbonyl (C=O) groups is 1. The van der Waals surface area contributed by atoms with Crippen LogP contribution in [0.2, 0.25) is 5.02 Å². The molecule has 0 saturated carbocycles. The lowest BCUT2D eigenvalue weighted by atomic mass is 10.2. The third kappa shape index (κ3) is 4.90. The fourth-order valence-corrected chi connectivity index (χ4v) is 5.35.